The van der Waals surface area contributed by atoms with Crippen LogP contribution in [0.2, 0.25) is 0 Å². The number of rotatable bonds is 5. The number of methoxy groups -OCH3 is 1. The van der Waals surface area contributed by atoms with Crippen LogP contribution in [0.3, 0.4) is 0 Å². The molecule has 1 N–H and O–H groups in total. The van der Waals surface area contributed by atoms with Crippen molar-refractivity contribution < 1.29 is 24.2 Å². The predicted octanol–water partition coefficient (Wildman–Crippen LogP) is 0.342. The van der Waals surface area contributed by atoms with E-state index in [1.54, 1.807) is 6.07 Å². The number of aliphatic carboxylic acids is 1. The minimum absolute atomic E-state index is 0.250. The maximum absolute atomic E-state index is 11.5. The van der Waals surface area contributed by atoms with Crippen LogP contribution in [-0.4, -0.2) is 25.0 Å². The van der Waals surface area contributed by atoms with Crippen molar-refractivity contribution >= 4 is 34.2 Å². The van der Waals surface area contributed by atoms with Crippen LogP contribution in [0.25, 0.3) is 0 Å². The fourth-order valence-electron chi connectivity index (χ4n) is 1.27. The highest BCUT2D eigenvalue weighted by Crippen LogP contribution is 2.29. The zero-order chi connectivity index (χ0) is 14.4. The van der Waals surface area contributed by atoms with Gasteiger partial charge in [0, 0.05) is 11.0 Å². The SMILES string of the molecule is CCc1cc(C(=O)OC)c(NC(=O)C=CC(=O)[O-])s1. The topological polar surface area (TPSA) is 95.5 Å². The van der Waals surface area contributed by atoms with E-state index < -0.39 is 17.8 Å². The smallest absolute Gasteiger partial charge is 0.340 e. The summed E-state index contributed by atoms with van der Waals surface area (Å²) in [5.74, 6) is -2.68. The average Bonchev–Trinajstić information content (AvgIpc) is 2.78. The zero-order valence-electron chi connectivity index (χ0n) is 10.4. The molecule has 0 aliphatic carbocycles. The second-order valence-electron chi connectivity index (χ2n) is 3.44. The Hall–Kier alpha value is -2.15. The summed E-state index contributed by atoms with van der Waals surface area (Å²) in [5.41, 5.74) is 0.250. The van der Waals surface area contributed by atoms with E-state index in [1.165, 1.54) is 18.4 Å². The van der Waals surface area contributed by atoms with Gasteiger partial charge in [-0.1, -0.05) is 6.92 Å². The fourth-order valence-corrected chi connectivity index (χ4v) is 2.26. The molecule has 1 aromatic heterocycles. The van der Waals surface area contributed by atoms with Gasteiger partial charge in [-0.3, -0.25) is 4.79 Å². The van der Waals surface area contributed by atoms with Gasteiger partial charge < -0.3 is 20.0 Å². The first-order chi connectivity index (χ1) is 8.97. The van der Waals surface area contributed by atoms with Gasteiger partial charge >= 0.3 is 5.97 Å². The van der Waals surface area contributed by atoms with E-state index in [0.717, 1.165) is 11.0 Å². The van der Waals surface area contributed by atoms with Crippen LogP contribution in [0.15, 0.2) is 18.2 Å². The number of aryl methyl sites for hydroxylation is 1. The maximum atomic E-state index is 11.5. The van der Waals surface area contributed by atoms with Gasteiger partial charge in [0.1, 0.15) is 5.00 Å². The first-order valence-corrected chi connectivity index (χ1v) is 6.20. The number of hydrogen-bond donors (Lipinski definition) is 1. The van der Waals surface area contributed by atoms with Crippen molar-refractivity contribution in [1.29, 1.82) is 0 Å². The first-order valence-electron chi connectivity index (χ1n) is 5.39. The van der Waals surface area contributed by atoms with Crippen LogP contribution < -0.4 is 10.4 Å². The molecule has 1 rings (SSSR count). The lowest BCUT2D eigenvalue weighted by Crippen LogP contribution is -2.20. The quantitative estimate of drug-likeness (QED) is 0.620. The molecule has 0 fully saturated rings. The molecule has 0 aliphatic heterocycles. The lowest BCUT2D eigenvalue weighted by molar-refractivity contribution is -0.297. The number of carbonyl (C=O) groups excluding carboxylic acids is 3. The summed E-state index contributed by atoms with van der Waals surface area (Å²) in [4.78, 5) is 34.0. The molecule has 19 heavy (non-hydrogen) atoms. The van der Waals surface area contributed by atoms with Gasteiger partial charge in [0.2, 0.25) is 5.91 Å². The molecule has 1 heterocycles. The number of carboxylic acid groups (broad SMARTS) is 1. The van der Waals surface area contributed by atoms with Crippen molar-refractivity contribution in [3.63, 3.8) is 0 Å². The first kappa shape index (κ1) is 14.9. The third-order valence-electron chi connectivity index (χ3n) is 2.14. The minimum Gasteiger partial charge on any atom is -0.545 e. The number of amides is 1. The van der Waals surface area contributed by atoms with Crippen LogP contribution in [0.5, 0.6) is 0 Å². The molecule has 0 radical (unpaired) electrons. The van der Waals surface area contributed by atoms with Crippen molar-refractivity contribution in [2.75, 3.05) is 12.4 Å². The molecular formula is C12H12NO5S-. The van der Waals surface area contributed by atoms with Gasteiger partial charge in [-0.25, -0.2) is 4.79 Å². The number of anilines is 1. The molecule has 1 amide bonds. The van der Waals surface area contributed by atoms with E-state index in [4.69, 9.17) is 0 Å². The number of ether oxygens (including phenoxy) is 1. The second-order valence-corrected chi connectivity index (χ2v) is 4.58. The Morgan fingerprint density at radius 2 is 2.11 bits per heavy atom. The van der Waals surface area contributed by atoms with Gasteiger partial charge in [-0.05, 0) is 18.6 Å². The molecule has 1 aromatic rings. The van der Waals surface area contributed by atoms with E-state index >= 15 is 0 Å². The molecular weight excluding hydrogens is 270 g/mol. The summed E-state index contributed by atoms with van der Waals surface area (Å²) in [6.45, 7) is 1.91. The van der Waals surface area contributed by atoms with Crippen molar-refractivity contribution in [3.8, 4) is 0 Å². The lowest BCUT2D eigenvalue weighted by Gasteiger charge is -2.02. The van der Waals surface area contributed by atoms with Crippen molar-refractivity contribution in [3.05, 3.63) is 28.7 Å². The van der Waals surface area contributed by atoms with Crippen molar-refractivity contribution in [2.24, 2.45) is 0 Å². The van der Waals surface area contributed by atoms with Crippen LogP contribution in [-0.2, 0) is 20.7 Å². The fraction of sp³-hybridized carbons (Fsp3) is 0.250. The molecule has 0 spiro atoms. The van der Waals surface area contributed by atoms with Crippen molar-refractivity contribution in [2.45, 2.75) is 13.3 Å². The predicted molar refractivity (Wildman–Crippen MR) is 67.8 cm³/mol. The number of carbonyl (C=O) groups is 3. The van der Waals surface area contributed by atoms with Gasteiger partial charge in [-0.2, -0.15) is 0 Å². The molecule has 0 atom stereocenters. The minimum atomic E-state index is -1.47. The molecule has 7 heteroatoms. The molecule has 0 unspecified atom stereocenters. The third-order valence-corrected chi connectivity index (χ3v) is 3.34. The van der Waals surface area contributed by atoms with Gasteiger partial charge in [0.25, 0.3) is 0 Å². The largest absolute Gasteiger partial charge is 0.545 e. The van der Waals surface area contributed by atoms with Gasteiger partial charge in [0.15, 0.2) is 0 Å². The van der Waals surface area contributed by atoms with Crippen LogP contribution in [0.1, 0.15) is 22.2 Å². The molecule has 102 valence electrons. The summed E-state index contributed by atoms with van der Waals surface area (Å²) in [7, 11) is 1.24. The van der Waals surface area contributed by atoms with E-state index in [1.807, 2.05) is 6.92 Å². The summed E-state index contributed by atoms with van der Waals surface area (Å²) >= 11 is 1.24. The van der Waals surface area contributed by atoms with Gasteiger partial charge in [-0.15, -0.1) is 11.3 Å². The van der Waals surface area contributed by atoms with Crippen LogP contribution >= 0.6 is 11.3 Å². The van der Waals surface area contributed by atoms with Crippen LogP contribution in [0, 0.1) is 0 Å². The molecule has 0 bridgehead atoms. The summed E-state index contributed by atoms with van der Waals surface area (Å²) in [6.07, 6.45) is 2.14. The highest BCUT2D eigenvalue weighted by atomic mass is 32.1. The number of carboxylic acids is 1. The number of hydrogen-bond acceptors (Lipinski definition) is 6. The normalized spacial score (nSPS) is 10.4. The number of nitrogens with one attached hydrogen (secondary N) is 1. The monoisotopic (exact) mass is 282 g/mol. The Balaban J connectivity index is 2.93. The Morgan fingerprint density at radius 3 is 2.63 bits per heavy atom. The summed E-state index contributed by atoms with van der Waals surface area (Å²) in [5, 5.41) is 12.9. The maximum Gasteiger partial charge on any atom is 0.340 e. The third kappa shape index (κ3) is 4.22. The van der Waals surface area contributed by atoms with E-state index in [9.17, 15) is 19.5 Å². The Labute approximate surface area is 113 Å². The highest BCUT2D eigenvalue weighted by Gasteiger charge is 2.17. The van der Waals surface area contributed by atoms with E-state index in [-0.39, 0.29) is 5.56 Å². The Morgan fingerprint density at radius 1 is 1.42 bits per heavy atom. The van der Waals surface area contributed by atoms with E-state index in [0.29, 0.717) is 17.5 Å². The Bertz CT molecular complexity index is 532. The average molecular weight is 282 g/mol. The second kappa shape index (κ2) is 6.69. The zero-order valence-corrected chi connectivity index (χ0v) is 11.2. The van der Waals surface area contributed by atoms with Crippen molar-refractivity contribution in [1.82, 2.24) is 0 Å². The number of esters is 1. The number of thiophene rings is 1. The lowest BCUT2D eigenvalue weighted by atomic mass is 10.2. The van der Waals surface area contributed by atoms with E-state index in [2.05, 4.69) is 10.1 Å². The van der Waals surface area contributed by atoms with Crippen LogP contribution in [0.4, 0.5) is 5.00 Å². The Kier molecular flexibility index (Phi) is 5.25. The van der Waals surface area contributed by atoms with Gasteiger partial charge in [0.05, 0.1) is 18.6 Å². The molecule has 0 saturated heterocycles. The highest BCUT2D eigenvalue weighted by molar-refractivity contribution is 7.16. The molecule has 0 aliphatic rings. The molecule has 0 saturated carbocycles. The standard InChI is InChI=1S/C12H13NO5S/c1-3-7-6-8(12(17)18-2)11(19-7)13-9(14)4-5-10(15)16/h4-6H,3H2,1-2H3,(H,13,14)(H,15,16)/p-1. The molecule has 6 nitrogen and oxygen atoms in total. The summed E-state index contributed by atoms with van der Waals surface area (Å²) in [6, 6.07) is 1.63. The summed E-state index contributed by atoms with van der Waals surface area (Å²) < 4.78 is 4.61. The molecule has 0 aromatic carbocycles.